The predicted molar refractivity (Wildman–Crippen MR) is 113 cm³/mol. The number of fused-ring (bicyclic) bond motifs is 1. The first kappa shape index (κ1) is 19.5. The summed E-state index contributed by atoms with van der Waals surface area (Å²) in [5.74, 6) is 1.28. The van der Waals surface area contributed by atoms with Crippen molar-refractivity contribution in [3.05, 3.63) is 54.0 Å². The average molecular weight is 408 g/mol. The van der Waals surface area contributed by atoms with Crippen molar-refractivity contribution in [2.24, 2.45) is 0 Å². The van der Waals surface area contributed by atoms with E-state index in [1.165, 1.54) is 12.8 Å². The van der Waals surface area contributed by atoms with E-state index in [9.17, 15) is 4.79 Å². The molecule has 30 heavy (non-hydrogen) atoms. The highest BCUT2D eigenvalue weighted by Crippen LogP contribution is 2.39. The molecular formula is C23H29N5O2. The largest absolute Gasteiger partial charge is 0.457 e. The summed E-state index contributed by atoms with van der Waals surface area (Å²) in [6, 6.07) is 10.0. The van der Waals surface area contributed by atoms with Crippen molar-refractivity contribution >= 4 is 5.91 Å². The maximum Gasteiger partial charge on any atom is 0.245 e. The summed E-state index contributed by atoms with van der Waals surface area (Å²) in [6.07, 6.45) is 8.99. The van der Waals surface area contributed by atoms with Gasteiger partial charge in [0.1, 0.15) is 6.04 Å². The van der Waals surface area contributed by atoms with Gasteiger partial charge in [0.2, 0.25) is 11.8 Å². The minimum atomic E-state index is -0.328. The average Bonchev–Trinajstić information content (AvgIpc) is 3.57. The van der Waals surface area contributed by atoms with Crippen LogP contribution in [0.3, 0.4) is 0 Å². The molecule has 3 aliphatic rings. The molecule has 0 unspecified atom stereocenters. The molecule has 0 bridgehead atoms. The van der Waals surface area contributed by atoms with Crippen LogP contribution in [0.25, 0.3) is 0 Å². The Labute approximate surface area is 177 Å². The van der Waals surface area contributed by atoms with Crippen LogP contribution in [0.2, 0.25) is 0 Å². The minimum Gasteiger partial charge on any atom is -0.457 e. The summed E-state index contributed by atoms with van der Waals surface area (Å²) in [7, 11) is 1.84. The van der Waals surface area contributed by atoms with Gasteiger partial charge in [-0.25, -0.2) is 9.88 Å². The molecule has 158 valence electrons. The van der Waals surface area contributed by atoms with Crippen LogP contribution < -0.4 is 10.1 Å². The SMILES string of the molecule is CN[C@@H](C(=O)N1CC[C@@H]2CC[C@H](Oc3cnc(C4CC4)cn3)N2C1)c1ccccc1. The minimum absolute atomic E-state index is 0.0589. The lowest BCUT2D eigenvalue weighted by atomic mass is 10.0. The number of benzene rings is 1. The Kier molecular flexibility index (Phi) is 5.39. The summed E-state index contributed by atoms with van der Waals surface area (Å²) in [5, 5.41) is 3.19. The number of amides is 1. The molecule has 2 aromatic rings. The Hall–Kier alpha value is -2.51. The normalized spacial score (nSPS) is 25.0. The molecule has 7 heteroatoms. The van der Waals surface area contributed by atoms with E-state index in [4.69, 9.17) is 4.74 Å². The molecule has 1 saturated carbocycles. The summed E-state index contributed by atoms with van der Waals surface area (Å²) < 4.78 is 6.20. The van der Waals surface area contributed by atoms with Gasteiger partial charge in [-0.1, -0.05) is 30.3 Å². The fourth-order valence-corrected chi connectivity index (χ4v) is 4.67. The van der Waals surface area contributed by atoms with E-state index in [1.54, 1.807) is 6.20 Å². The van der Waals surface area contributed by atoms with Crippen LogP contribution in [0.1, 0.15) is 55.3 Å². The second-order valence-corrected chi connectivity index (χ2v) is 8.54. The van der Waals surface area contributed by atoms with Crippen LogP contribution in [0.15, 0.2) is 42.7 Å². The monoisotopic (exact) mass is 407 g/mol. The van der Waals surface area contributed by atoms with Gasteiger partial charge in [-0.2, -0.15) is 0 Å². The van der Waals surface area contributed by atoms with E-state index < -0.39 is 0 Å². The molecule has 3 atom stereocenters. The molecule has 3 heterocycles. The molecule has 0 spiro atoms. The molecule has 1 aromatic heterocycles. The molecular weight excluding hydrogens is 378 g/mol. The predicted octanol–water partition coefficient (Wildman–Crippen LogP) is 2.67. The smallest absolute Gasteiger partial charge is 0.245 e. The Balaban J connectivity index is 1.25. The Bertz CT molecular complexity index is 871. The number of aromatic nitrogens is 2. The summed E-state index contributed by atoms with van der Waals surface area (Å²) in [5.41, 5.74) is 2.06. The quantitative estimate of drug-likeness (QED) is 0.794. The zero-order chi connectivity index (χ0) is 20.5. The maximum atomic E-state index is 13.3. The molecule has 2 aliphatic heterocycles. The van der Waals surface area contributed by atoms with Gasteiger partial charge in [0.25, 0.3) is 0 Å². The van der Waals surface area contributed by atoms with Gasteiger partial charge < -0.3 is 15.0 Å². The second-order valence-electron chi connectivity index (χ2n) is 8.54. The van der Waals surface area contributed by atoms with Gasteiger partial charge in [-0.05, 0) is 44.7 Å². The molecule has 3 fully saturated rings. The van der Waals surface area contributed by atoms with Gasteiger partial charge in [0, 0.05) is 18.5 Å². The van der Waals surface area contributed by atoms with Crippen molar-refractivity contribution in [1.82, 2.24) is 25.1 Å². The number of rotatable bonds is 6. The molecule has 2 saturated heterocycles. The van der Waals surface area contributed by atoms with Crippen LogP contribution in [0.4, 0.5) is 0 Å². The zero-order valence-corrected chi connectivity index (χ0v) is 17.4. The second kappa shape index (κ2) is 8.32. The number of likely N-dealkylation sites (N-methyl/N-ethyl adjacent to an activating group) is 1. The van der Waals surface area contributed by atoms with Crippen molar-refractivity contribution in [2.45, 2.75) is 56.3 Å². The number of hydrogen-bond donors (Lipinski definition) is 1. The molecule has 0 radical (unpaired) electrons. The highest BCUT2D eigenvalue weighted by Gasteiger charge is 2.41. The number of carbonyl (C=O) groups is 1. The Morgan fingerprint density at radius 3 is 2.63 bits per heavy atom. The lowest BCUT2D eigenvalue weighted by molar-refractivity contribution is -0.141. The number of hydrogen-bond acceptors (Lipinski definition) is 6. The van der Waals surface area contributed by atoms with Crippen molar-refractivity contribution in [2.75, 3.05) is 20.3 Å². The highest BCUT2D eigenvalue weighted by molar-refractivity contribution is 5.83. The third-order valence-corrected chi connectivity index (χ3v) is 6.53. The standard InChI is InChI=1S/C23H29N5O2/c1-24-22(17-5-3-2-4-6-17)23(29)27-12-11-18-9-10-21(28(18)15-27)30-20-14-25-19(13-26-20)16-7-8-16/h2-6,13-14,16,18,21-22,24H,7-12,15H2,1H3/t18-,21-,22+/m0/s1. The third-order valence-electron chi connectivity index (χ3n) is 6.53. The maximum absolute atomic E-state index is 13.3. The Morgan fingerprint density at radius 2 is 1.93 bits per heavy atom. The van der Waals surface area contributed by atoms with Crippen LogP contribution in [0.5, 0.6) is 5.88 Å². The number of nitrogens with one attached hydrogen (secondary N) is 1. The third kappa shape index (κ3) is 3.91. The number of nitrogens with zero attached hydrogens (tertiary/aromatic N) is 4. The lowest BCUT2D eigenvalue weighted by Crippen LogP contribution is -2.55. The topological polar surface area (TPSA) is 70.6 Å². The van der Waals surface area contributed by atoms with Crippen LogP contribution >= 0.6 is 0 Å². The molecule has 1 amide bonds. The summed E-state index contributed by atoms with van der Waals surface area (Å²) in [6.45, 7) is 1.38. The highest BCUT2D eigenvalue weighted by atomic mass is 16.5. The van der Waals surface area contributed by atoms with Gasteiger partial charge in [-0.3, -0.25) is 9.78 Å². The van der Waals surface area contributed by atoms with Gasteiger partial charge in [0.05, 0.1) is 24.8 Å². The van der Waals surface area contributed by atoms with Crippen molar-refractivity contribution < 1.29 is 9.53 Å². The summed E-state index contributed by atoms with van der Waals surface area (Å²) in [4.78, 5) is 26.5. The first-order valence-corrected chi connectivity index (χ1v) is 11.0. The molecule has 1 aromatic carbocycles. The Morgan fingerprint density at radius 1 is 1.10 bits per heavy atom. The fourth-order valence-electron chi connectivity index (χ4n) is 4.67. The van der Waals surface area contributed by atoms with Crippen molar-refractivity contribution in [3.63, 3.8) is 0 Å². The van der Waals surface area contributed by atoms with E-state index in [0.29, 0.717) is 24.5 Å². The van der Waals surface area contributed by atoms with Gasteiger partial charge >= 0.3 is 0 Å². The molecule has 7 nitrogen and oxygen atoms in total. The van der Waals surface area contributed by atoms with Crippen molar-refractivity contribution in [3.8, 4) is 5.88 Å². The fraction of sp³-hybridized carbons (Fsp3) is 0.522. The lowest BCUT2D eigenvalue weighted by Gasteiger charge is -2.41. The first-order valence-electron chi connectivity index (χ1n) is 11.0. The van der Waals surface area contributed by atoms with E-state index in [0.717, 1.165) is 37.1 Å². The zero-order valence-electron chi connectivity index (χ0n) is 17.4. The summed E-state index contributed by atoms with van der Waals surface area (Å²) >= 11 is 0. The number of ether oxygens (including phenoxy) is 1. The van der Waals surface area contributed by atoms with Crippen LogP contribution in [0, 0.1) is 0 Å². The van der Waals surface area contributed by atoms with E-state index in [2.05, 4.69) is 20.2 Å². The van der Waals surface area contributed by atoms with Crippen LogP contribution in [-0.4, -0.2) is 58.2 Å². The first-order chi connectivity index (χ1) is 14.7. The van der Waals surface area contributed by atoms with E-state index in [1.807, 2.05) is 48.5 Å². The van der Waals surface area contributed by atoms with Crippen molar-refractivity contribution in [1.29, 1.82) is 0 Å². The van der Waals surface area contributed by atoms with E-state index in [-0.39, 0.29) is 18.2 Å². The van der Waals surface area contributed by atoms with Crippen LogP contribution in [-0.2, 0) is 4.79 Å². The molecule has 1 N–H and O–H groups in total. The molecule has 5 rings (SSSR count). The van der Waals surface area contributed by atoms with Gasteiger partial charge in [-0.15, -0.1) is 0 Å². The van der Waals surface area contributed by atoms with E-state index >= 15 is 0 Å². The molecule has 1 aliphatic carbocycles. The number of carbonyl (C=O) groups excluding carboxylic acids is 1. The van der Waals surface area contributed by atoms with Gasteiger partial charge in [0.15, 0.2) is 6.23 Å².